The molecule has 2 aromatic carbocycles. The van der Waals surface area contributed by atoms with E-state index < -0.39 is 22.0 Å². The summed E-state index contributed by atoms with van der Waals surface area (Å²) in [6.45, 7) is 1.55. The molecule has 1 N–H and O–H groups in total. The summed E-state index contributed by atoms with van der Waals surface area (Å²) in [5, 5.41) is 11.7. The lowest BCUT2D eigenvalue weighted by Crippen LogP contribution is -2.30. The van der Waals surface area contributed by atoms with Crippen LogP contribution in [-0.4, -0.2) is 38.8 Å². The van der Waals surface area contributed by atoms with Crippen LogP contribution in [-0.2, 0) is 14.8 Å². The van der Waals surface area contributed by atoms with Crippen molar-refractivity contribution in [2.75, 3.05) is 19.4 Å². The number of nitrogens with zero attached hydrogens (tertiary/aromatic N) is 2. The third-order valence-electron chi connectivity index (χ3n) is 3.56. The molecule has 136 valence electrons. The number of rotatable bonds is 6. The number of carbonyl (C=O) groups excluding carboxylic acids is 1. The molecule has 0 saturated carbocycles. The molecule has 0 bridgehead atoms. The van der Waals surface area contributed by atoms with E-state index in [-0.39, 0.29) is 4.90 Å². The van der Waals surface area contributed by atoms with Crippen LogP contribution in [0.5, 0.6) is 5.75 Å². The number of ether oxygens (including phenoxy) is 1. The van der Waals surface area contributed by atoms with Crippen LogP contribution >= 0.6 is 0 Å². The Bertz CT molecular complexity index is 949. The van der Waals surface area contributed by atoms with E-state index in [0.717, 1.165) is 4.31 Å². The van der Waals surface area contributed by atoms with Crippen LogP contribution < -0.4 is 10.1 Å². The van der Waals surface area contributed by atoms with Gasteiger partial charge in [0.2, 0.25) is 10.0 Å². The molecule has 2 rings (SSSR count). The van der Waals surface area contributed by atoms with Gasteiger partial charge in [0.25, 0.3) is 5.91 Å². The topological polar surface area (TPSA) is 99.5 Å². The number of nitrogens with one attached hydrogen (secondary N) is 1. The second-order valence-corrected chi connectivity index (χ2v) is 7.82. The zero-order valence-electron chi connectivity index (χ0n) is 14.6. The van der Waals surface area contributed by atoms with Crippen LogP contribution in [0.4, 0.5) is 5.69 Å². The number of benzene rings is 2. The molecular weight excluding hydrogens is 354 g/mol. The Hall–Kier alpha value is -2.89. The number of carbonyl (C=O) groups is 1. The fourth-order valence-corrected chi connectivity index (χ4v) is 3.04. The molecule has 8 heteroatoms. The molecule has 0 fully saturated rings. The Kier molecular flexibility index (Phi) is 5.97. The Balaban J connectivity index is 2.14. The van der Waals surface area contributed by atoms with Crippen LogP contribution in [0.15, 0.2) is 53.4 Å². The van der Waals surface area contributed by atoms with Crippen LogP contribution in [0.1, 0.15) is 12.5 Å². The van der Waals surface area contributed by atoms with Gasteiger partial charge < -0.3 is 10.1 Å². The molecule has 1 amide bonds. The molecule has 7 nitrogen and oxygen atoms in total. The van der Waals surface area contributed by atoms with E-state index in [9.17, 15) is 13.2 Å². The van der Waals surface area contributed by atoms with E-state index in [2.05, 4.69) is 5.32 Å². The lowest BCUT2D eigenvalue weighted by atomic mass is 10.2. The first kappa shape index (κ1) is 19.4. The van der Waals surface area contributed by atoms with E-state index in [4.69, 9.17) is 10.00 Å². The van der Waals surface area contributed by atoms with Crippen molar-refractivity contribution in [3.05, 3.63) is 54.1 Å². The minimum atomic E-state index is -3.60. The predicted molar refractivity (Wildman–Crippen MR) is 97.2 cm³/mol. The smallest absolute Gasteiger partial charge is 0.265 e. The normalized spacial score (nSPS) is 12.3. The first-order valence-electron chi connectivity index (χ1n) is 7.75. The van der Waals surface area contributed by atoms with Crippen LogP contribution in [0.3, 0.4) is 0 Å². The first-order valence-corrected chi connectivity index (χ1v) is 9.19. The van der Waals surface area contributed by atoms with E-state index in [0.29, 0.717) is 17.0 Å². The van der Waals surface area contributed by atoms with E-state index in [1.54, 1.807) is 43.3 Å². The maximum absolute atomic E-state index is 12.3. The Morgan fingerprint density at radius 3 is 2.54 bits per heavy atom. The lowest BCUT2D eigenvalue weighted by molar-refractivity contribution is -0.122. The van der Waals surface area contributed by atoms with Crippen molar-refractivity contribution in [3.8, 4) is 11.8 Å². The van der Waals surface area contributed by atoms with Gasteiger partial charge >= 0.3 is 0 Å². The van der Waals surface area contributed by atoms with Gasteiger partial charge in [-0.3, -0.25) is 4.79 Å². The van der Waals surface area contributed by atoms with Gasteiger partial charge in [-0.25, -0.2) is 12.7 Å². The van der Waals surface area contributed by atoms with Crippen molar-refractivity contribution in [1.82, 2.24) is 4.31 Å². The van der Waals surface area contributed by atoms with Crippen molar-refractivity contribution < 1.29 is 17.9 Å². The summed E-state index contributed by atoms with van der Waals surface area (Å²) < 4.78 is 31.0. The van der Waals surface area contributed by atoms with Gasteiger partial charge in [0.05, 0.1) is 10.5 Å². The van der Waals surface area contributed by atoms with Gasteiger partial charge in [0, 0.05) is 19.8 Å². The molecule has 2 aromatic rings. The summed E-state index contributed by atoms with van der Waals surface area (Å²) in [5.74, 6) is -0.154. The highest BCUT2D eigenvalue weighted by atomic mass is 32.2. The van der Waals surface area contributed by atoms with Crippen molar-refractivity contribution >= 4 is 21.6 Å². The number of hydrogen-bond donors (Lipinski definition) is 1. The molecule has 0 aliphatic rings. The standard InChI is InChI=1S/C18H19N3O4S/c1-13(25-17-10-5-4-7-14(17)12-19)18(22)20-15-8-6-9-16(11-15)26(23,24)21(2)3/h4-11,13H,1-3H3,(H,20,22). The van der Waals surface area contributed by atoms with Crippen LogP contribution in [0.2, 0.25) is 0 Å². The molecule has 0 saturated heterocycles. The van der Waals surface area contributed by atoms with Crippen LogP contribution in [0, 0.1) is 11.3 Å². The largest absolute Gasteiger partial charge is 0.480 e. The van der Waals surface area contributed by atoms with Crippen molar-refractivity contribution in [1.29, 1.82) is 5.26 Å². The van der Waals surface area contributed by atoms with Gasteiger partial charge in [-0.05, 0) is 37.3 Å². The highest BCUT2D eigenvalue weighted by Gasteiger charge is 2.20. The van der Waals surface area contributed by atoms with E-state index in [1.165, 1.54) is 26.2 Å². The van der Waals surface area contributed by atoms with E-state index >= 15 is 0 Å². The molecule has 0 spiro atoms. The Morgan fingerprint density at radius 1 is 1.19 bits per heavy atom. The minimum Gasteiger partial charge on any atom is -0.480 e. The zero-order valence-corrected chi connectivity index (χ0v) is 15.4. The molecule has 0 aromatic heterocycles. The third-order valence-corrected chi connectivity index (χ3v) is 5.37. The number of para-hydroxylation sites is 1. The fraction of sp³-hybridized carbons (Fsp3) is 0.222. The van der Waals surface area contributed by atoms with Gasteiger partial charge in [0.1, 0.15) is 11.8 Å². The molecule has 26 heavy (non-hydrogen) atoms. The molecule has 0 aliphatic carbocycles. The molecule has 0 radical (unpaired) electrons. The summed E-state index contributed by atoms with van der Waals surface area (Å²) in [4.78, 5) is 12.4. The summed E-state index contributed by atoms with van der Waals surface area (Å²) >= 11 is 0. The maximum Gasteiger partial charge on any atom is 0.265 e. The monoisotopic (exact) mass is 373 g/mol. The fourth-order valence-electron chi connectivity index (χ4n) is 2.09. The van der Waals surface area contributed by atoms with Gasteiger partial charge in [0.15, 0.2) is 6.10 Å². The Labute approximate surface area is 152 Å². The third kappa shape index (κ3) is 4.39. The SMILES string of the molecule is CC(Oc1ccccc1C#N)C(=O)Nc1cccc(S(=O)(=O)N(C)C)c1. The highest BCUT2D eigenvalue weighted by molar-refractivity contribution is 7.89. The average Bonchev–Trinajstić information content (AvgIpc) is 2.62. The second kappa shape index (κ2) is 7.99. The zero-order chi connectivity index (χ0) is 19.3. The van der Waals surface area contributed by atoms with E-state index in [1.807, 2.05) is 6.07 Å². The summed E-state index contributed by atoms with van der Waals surface area (Å²) in [7, 11) is -0.731. The molecule has 0 heterocycles. The van der Waals surface area contributed by atoms with Gasteiger partial charge in [-0.2, -0.15) is 5.26 Å². The highest BCUT2D eigenvalue weighted by Crippen LogP contribution is 2.20. The van der Waals surface area contributed by atoms with Crippen molar-refractivity contribution in [3.63, 3.8) is 0 Å². The predicted octanol–water partition coefficient (Wildman–Crippen LogP) is 2.21. The number of amides is 1. The van der Waals surface area contributed by atoms with Gasteiger partial charge in [-0.15, -0.1) is 0 Å². The number of nitriles is 1. The summed E-state index contributed by atoms with van der Waals surface area (Å²) in [5.41, 5.74) is 0.660. The summed E-state index contributed by atoms with van der Waals surface area (Å²) in [6.07, 6.45) is -0.876. The summed E-state index contributed by atoms with van der Waals surface area (Å²) in [6, 6.07) is 14.6. The van der Waals surface area contributed by atoms with Crippen LogP contribution in [0.25, 0.3) is 0 Å². The lowest BCUT2D eigenvalue weighted by Gasteiger charge is -2.16. The maximum atomic E-state index is 12.3. The molecule has 1 unspecified atom stereocenters. The molecule has 1 atom stereocenters. The molecular formula is C18H19N3O4S. The molecule has 0 aliphatic heterocycles. The second-order valence-electron chi connectivity index (χ2n) is 5.67. The number of hydrogen-bond acceptors (Lipinski definition) is 5. The Morgan fingerprint density at radius 2 is 1.88 bits per heavy atom. The minimum absolute atomic E-state index is 0.0729. The average molecular weight is 373 g/mol. The first-order chi connectivity index (χ1) is 12.3. The van der Waals surface area contributed by atoms with Crippen molar-refractivity contribution in [2.45, 2.75) is 17.9 Å². The van der Waals surface area contributed by atoms with Gasteiger partial charge in [-0.1, -0.05) is 18.2 Å². The number of anilines is 1. The quantitative estimate of drug-likeness (QED) is 0.837. The van der Waals surface area contributed by atoms with Crippen molar-refractivity contribution in [2.24, 2.45) is 0 Å². The number of sulfonamides is 1.